The van der Waals surface area contributed by atoms with Crippen LogP contribution in [0, 0.1) is 5.92 Å². The van der Waals surface area contributed by atoms with Crippen LogP contribution in [0.1, 0.15) is 12.8 Å². The minimum atomic E-state index is -0.987. The molecule has 4 atom stereocenters. The lowest BCUT2D eigenvalue weighted by Gasteiger charge is -2.36. The van der Waals surface area contributed by atoms with Gasteiger partial charge in [0.15, 0.2) is 6.29 Å². The fourth-order valence-corrected chi connectivity index (χ4v) is 2.14. The average Bonchev–Trinajstić information content (AvgIpc) is 2.54. The second-order valence-electron chi connectivity index (χ2n) is 5.05. The lowest BCUT2D eigenvalue weighted by Crippen LogP contribution is -2.48. The predicted octanol–water partition coefficient (Wildman–Crippen LogP) is -1.33. The summed E-state index contributed by atoms with van der Waals surface area (Å²) in [6.45, 7) is 2.64. The highest BCUT2D eigenvalue weighted by atomic mass is 16.7. The highest BCUT2D eigenvalue weighted by Gasteiger charge is 2.37. The number of carbonyl (C=O) groups is 1. The van der Waals surface area contributed by atoms with Gasteiger partial charge in [-0.15, -0.1) is 0 Å². The average molecular weight is 321 g/mol. The molecule has 8 heteroatoms. The Morgan fingerprint density at radius 2 is 1.91 bits per heavy atom. The fraction of sp³-hybridized carbons (Fsp3) is 0.929. The van der Waals surface area contributed by atoms with Gasteiger partial charge in [-0.05, 0) is 6.42 Å². The van der Waals surface area contributed by atoms with Gasteiger partial charge < -0.3 is 39.7 Å². The highest BCUT2D eigenvalue weighted by molar-refractivity contribution is 5.54. The van der Waals surface area contributed by atoms with Crippen LogP contribution in [-0.4, -0.2) is 81.2 Å². The molecule has 4 N–H and O–H groups in total. The standard InChI is InChI=1S/C14H27NO7/c15-2-5-20-7-6-19-3-1-4-21-13-8-11(9-16)14(18)12(10-17)22-13/h9,11-14,17-18H,1-8,10,15H2/t11?,12-,13?,14-/m1/s1. The number of aldehydes is 1. The third-order valence-corrected chi connectivity index (χ3v) is 3.34. The van der Waals surface area contributed by atoms with Gasteiger partial charge in [0.05, 0.1) is 39.1 Å². The lowest BCUT2D eigenvalue weighted by molar-refractivity contribution is -0.242. The Bertz CT molecular complexity index is 292. The van der Waals surface area contributed by atoms with Crippen LogP contribution in [0.4, 0.5) is 0 Å². The first-order chi connectivity index (χ1) is 10.7. The number of rotatable bonds is 12. The zero-order valence-electron chi connectivity index (χ0n) is 12.8. The van der Waals surface area contributed by atoms with Crippen LogP contribution in [-0.2, 0) is 23.7 Å². The van der Waals surface area contributed by atoms with Crippen LogP contribution < -0.4 is 5.73 Å². The predicted molar refractivity (Wildman–Crippen MR) is 77.2 cm³/mol. The topological polar surface area (TPSA) is 120 Å². The van der Waals surface area contributed by atoms with Gasteiger partial charge in [-0.25, -0.2) is 0 Å². The Balaban J connectivity index is 2.08. The van der Waals surface area contributed by atoms with E-state index in [9.17, 15) is 9.90 Å². The summed E-state index contributed by atoms with van der Waals surface area (Å²) in [7, 11) is 0. The van der Waals surface area contributed by atoms with Crippen molar-refractivity contribution >= 4 is 6.29 Å². The first-order valence-electron chi connectivity index (χ1n) is 7.59. The van der Waals surface area contributed by atoms with Crippen molar-refractivity contribution in [1.29, 1.82) is 0 Å². The molecule has 1 aliphatic heterocycles. The second-order valence-corrected chi connectivity index (χ2v) is 5.05. The number of hydrogen-bond acceptors (Lipinski definition) is 8. The van der Waals surface area contributed by atoms with E-state index in [1.54, 1.807) is 0 Å². The summed E-state index contributed by atoms with van der Waals surface area (Å²) in [6, 6.07) is 0. The summed E-state index contributed by atoms with van der Waals surface area (Å²) in [6.07, 6.45) is -0.728. The third kappa shape index (κ3) is 7.10. The van der Waals surface area contributed by atoms with E-state index in [1.165, 1.54) is 0 Å². The summed E-state index contributed by atoms with van der Waals surface area (Å²) in [4.78, 5) is 10.9. The molecule has 0 amide bonds. The summed E-state index contributed by atoms with van der Waals surface area (Å²) in [5, 5.41) is 18.9. The molecule has 1 aliphatic rings. The van der Waals surface area contributed by atoms with E-state index in [0.717, 1.165) is 0 Å². The highest BCUT2D eigenvalue weighted by Crippen LogP contribution is 2.24. The maximum absolute atomic E-state index is 10.9. The van der Waals surface area contributed by atoms with Gasteiger partial charge in [-0.1, -0.05) is 0 Å². The molecule has 1 rings (SSSR count). The van der Waals surface area contributed by atoms with Crippen LogP contribution in [0.25, 0.3) is 0 Å². The third-order valence-electron chi connectivity index (χ3n) is 3.34. The van der Waals surface area contributed by atoms with Gasteiger partial charge in [-0.2, -0.15) is 0 Å². The molecule has 0 aromatic heterocycles. The lowest BCUT2D eigenvalue weighted by atomic mass is 9.93. The van der Waals surface area contributed by atoms with Gasteiger partial charge in [0, 0.05) is 25.5 Å². The summed E-state index contributed by atoms with van der Waals surface area (Å²) < 4.78 is 21.4. The monoisotopic (exact) mass is 321 g/mol. The molecule has 1 saturated heterocycles. The number of hydrogen-bond donors (Lipinski definition) is 3. The Labute approximate surface area is 130 Å². The van der Waals surface area contributed by atoms with Crippen molar-refractivity contribution in [3.63, 3.8) is 0 Å². The van der Waals surface area contributed by atoms with Gasteiger partial charge >= 0.3 is 0 Å². The molecule has 0 saturated carbocycles. The number of nitrogens with two attached hydrogens (primary N) is 1. The van der Waals surface area contributed by atoms with Crippen molar-refractivity contribution in [1.82, 2.24) is 0 Å². The zero-order valence-corrected chi connectivity index (χ0v) is 12.8. The number of aliphatic hydroxyl groups excluding tert-OH is 2. The molecular weight excluding hydrogens is 294 g/mol. The molecule has 0 aliphatic carbocycles. The van der Waals surface area contributed by atoms with Gasteiger partial charge in [0.1, 0.15) is 12.4 Å². The number of carbonyl (C=O) groups excluding carboxylic acids is 1. The van der Waals surface area contributed by atoms with E-state index >= 15 is 0 Å². The molecule has 0 bridgehead atoms. The first kappa shape index (κ1) is 19.4. The minimum absolute atomic E-state index is 0.287. The van der Waals surface area contributed by atoms with Crippen LogP contribution >= 0.6 is 0 Å². The Hall–Kier alpha value is -0.610. The molecule has 0 aromatic rings. The zero-order chi connectivity index (χ0) is 16.2. The molecule has 1 fully saturated rings. The minimum Gasteiger partial charge on any atom is -0.394 e. The van der Waals surface area contributed by atoms with Crippen molar-refractivity contribution in [2.75, 3.05) is 46.2 Å². The summed E-state index contributed by atoms with van der Waals surface area (Å²) in [5.41, 5.74) is 5.28. The molecule has 0 spiro atoms. The maximum atomic E-state index is 10.9. The van der Waals surface area contributed by atoms with E-state index in [2.05, 4.69) is 0 Å². The molecule has 0 radical (unpaired) electrons. The van der Waals surface area contributed by atoms with Crippen molar-refractivity contribution in [3.05, 3.63) is 0 Å². The largest absolute Gasteiger partial charge is 0.394 e. The quantitative estimate of drug-likeness (QED) is 0.299. The molecule has 1 heterocycles. The summed E-state index contributed by atoms with van der Waals surface area (Å²) >= 11 is 0. The van der Waals surface area contributed by atoms with Crippen molar-refractivity contribution in [2.45, 2.75) is 31.3 Å². The molecule has 0 aromatic carbocycles. The van der Waals surface area contributed by atoms with E-state index < -0.39 is 24.4 Å². The van der Waals surface area contributed by atoms with Crippen LogP contribution in [0.3, 0.4) is 0 Å². The SMILES string of the molecule is NCCOCCOCCCOC1CC(C=O)[C@@H](O)[C@@H](CO)O1. The smallest absolute Gasteiger partial charge is 0.158 e. The van der Waals surface area contributed by atoms with Gasteiger partial charge in [-0.3, -0.25) is 0 Å². The van der Waals surface area contributed by atoms with Crippen molar-refractivity contribution in [2.24, 2.45) is 11.7 Å². The van der Waals surface area contributed by atoms with E-state index in [1.807, 2.05) is 0 Å². The van der Waals surface area contributed by atoms with Crippen molar-refractivity contribution in [3.8, 4) is 0 Å². The van der Waals surface area contributed by atoms with Crippen LogP contribution in [0.5, 0.6) is 0 Å². The number of aliphatic hydroxyl groups is 2. The Morgan fingerprint density at radius 1 is 1.18 bits per heavy atom. The molecule has 130 valence electrons. The van der Waals surface area contributed by atoms with Crippen LogP contribution in [0.2, 0.25) is 0 Å². The molecular formula is C14H27NO7. The second kappa shape index (κ2) is 11.9. The maximum Gasteiger partial charge on any atom is 0.158 e. The van der Waals surface area contributed by atoms with E-state index in [-0.39, 0.29) is 13.0 Å². The summed E-state index contributed by atoms with van der Waals surface area (Å²) in [5.74, 6) is -0.577. The molecule has 22 heavy (non-hydrogen) atoms. The van der Waals surface area contributed by atoms with Crippen LogP contribution in [0.15, 0.2) is 0 Å². The van der Waals surface area contributed by atoms with Gasteiger partial charge in [0.25, 0.3) is 0 Å². The molecule has 2 unspecified atom stereocenters. The first-order valence-corrected chi connectivity index (χ1v) is 7.59. The number of ether oxygens (including phenoxy) is 4. The fourth-order valence-electron chi connectivity index (χ4n) is 2.14. The normalized spacial score (nSPS) is 28.7. The Kier molecular flexibility index (Phi) is 10.5. The van der Waals surface area contributed by atoms with Crippen molar-refractivity contribution < 1.29 is 34.0 Å². The van der Waals surface area contributed by atoms with E-state index in [4.69, 9.17) is 29.8 Å². The van der Waals surface area contributed by atoms with E-state index in [0.29, 0.717) is 52.3 Å². The Morgan fingerprint density at radius 3 is 2.55 bits per heavy atom. The van der Waals surface area contributed by atoms with Gasteiger partial charge in [0.2, 0.25) is 0 Å². The molecule has 8 nitrogen and oxygen atoms in total.